The summed E-state index contributed by atoms with van der Waals surface area (Å²) in [5.41, 5.74) is 10.2. The predicted molar refractivity (Wildman–Crippen MR) is 540 cm³/mol. The van der Waals surface area contributed by atoms with Gasteiger partial charge in [-0.25, -0.2) is 35.0 Å². The van der Waals surface area contributed by atoms with Gasteiger partial charge in [0.05, 0.1) is 71.6 Å². The van der Waals surface area contributed by atoms with E-state index in [4.69, 9.17) is 20.3 Å². The number of nitro groups is 4. The summed E-state index contributed by atoms with van der Waals surface area (Å²) in [5, 5.41) is 77.1. The highest BCUT2D eigenvalue weighted by atomic mass is 32.2. The highest BCUT2D eigenvalue weighted by molar-refractivity contribution is 7.88. The Morgan fingerprint density at radius 1 is 0.407 bits per heavy atom. The molecule has 11 aliphatic rings. The van der Waals surface area contributed by atoms with Crippen LogP contribution in [-0.2, 0) is 85.4 Å². The van der Waals surface area contributed by atoms with Crippen molar-refractivity contribution in [3.05, 3.63) is 171 Å². The van der Waals surface area contributed by atoms with Crippen LogP contribution in [0, 0.1) is 64.1 Å². The number of piperidine rings is 5. The second-order valence-corrected chi connectivity index (χ2v) is 45.7. The van der Waals surface area contributed by atoms with Gasteiger partial charge in [0, 0.05) is 147 Å². The van der Waals surface area contributed by atoms with E-state index < -0.39 is 72.4 Å². The molecule has 0 radical (unpaired) electrons. The van der Waals surface area contributed by atoms with E-state index in [9.17, 15) is 101 Å². The Balaban J connectivity index is 0.000000237. The number of nitro benzene ring substituents is 4. The summed E-state index contributed by atoms with van der Waals surface area (Å²) in [6.07, 6.45) is 17.6. The van der Waals surface area contributed by atoms with E-state index in [-0.39, 0.29) is 82.0 Å². The zero-order valence-electron chi connectivity index (χ0n) is 85.1. The lowest BCUT2D eigenvalue weighted by Gasteiger charge is -2.32. The molecule has 39 nitrogen and oxygen atoms in total. The zero-order valence-corrected chi connectivity index (χ0v) is 86.8. The maximum Gasteiger partial charge on any atom is 0.410 e. The molecule has 7 amide bonds. The number of hydrogen-bond acceptors (Lipinski definition) is 26. The molecule has 1 saturated carbocycles. The van der Waals surface area contributed by atoms with Gasteiger partial charge >= 0.3 is 12.2 Å². The Hall–Kier alpha value is -11.7. The quantitative estimate of drug-likeness (QED) is 0.0190. The third-order valence-electron chi connectivity index (χ3n) is 25.8. The van der Waals surface area contributed by atoms with Crippen LogP contribution in [0.1, 0.15) is 263 Å². The highest BCUT2D eigenvalue weighted by Gasteiger charge is 2.44. The summed E-state index contributed by atoms with van der Waals surface area (Å²) in [6, 6.07) is 23.1. The van der Waals surface area contributed by atoms with Gasteiger partial charge in [0.2, 0.25) is 49.6 Å². The number of likely N-dealkylation sites (tertiary alicyclic amines) is 2. The molecule has 140 heavy (non-hydrogen) atoms. The van der Waals surface area contributed by atoms with Gasteiger partial charge in [0.15, 0.2) is 5.78 Å². The standard InChI is InChI=1S/C11H21NO2.4C10H10N2O3.C10H12N2O.C10H19NO3.C8H12O2.2C7H15NO2S.C6H13N/c1-9-5-7-12(8-6-9)10(13)14-11(2,3)4;4*1-10(2)7-5-6(12(14)15)3-4-8(7)11-9(10)13;1-10(2)7-5-6(11)3-4-8(7)12-9(10)13;1-10(2,3)14-9(13)11-6-4-8(12)5-7-11;9-6-7-4-2-1-3-5-8(7)10;2*1-7-3-5-8(6-4-7)11(2,9)10;1-6-2-4-7-5-3-6/h9H,5-8H2,1-4H3;4*3-5H,1-2H3,(H,11,13);3-5H,11H2,1-2H3,(H,12,13);8,12H,4-7H2,1-3H3;6,9H,1-5H2;2*7H,3-6H2,1-2H3;6-7H,2-5H2,1H3/b;;;;;;;7-6+;;;. The van der Waals surface area contributed by atoms with Crippen molar-refractivity contribution in [3.63, 3.8) is 0 Å². The number of fused-ring (bicyclic) bond motifs is 5. The molecule has 10 aliphatic heterocycles. The minimum Gasteiger partial charge on any atom is -0.515 e. The average Bonchev–Trinajstić information content (AvgIpc) is 1.63. The van der Waals surface area contributed by atoms with Crippen molar-refractivity contribution in [3.8, 4) is 0 Å². The lowest BCUT2D eigenvalue weighted by Crippen LogP contribution is -2.42. The molecule has 0 atom stereocenters. The lowest BCUT2D eigenvalue weighted by molar-refractivity contribution is -0.385. The largest absolute Gasteiger partial charge is 0.515 e. The molecule has 6 fully saturated rings. The molecule has 1 aliphatic carbocycles. The first-order chi connectivity index (χ1) is 64.7. The van der Waals surface area contributed by atoms with Crippen LogP contribution in [-0.4, -0.2) is 208 Å². The Bertz CT molecular complexity index is 5090. The summed E-state index contributed by atoms with van der Waals surface area (Å²) in [7, 11) is -5.83. The Labute approximate surface area is 822 Å². The Kier molecular flexibility index (Phi) is 41.5. The van der Waals surface area contributed by atoms with Crippen molar-refractivity contribution in [1.82, 2.24) is 23.7 Å². The van der Waals surface area contributed by atoms with E-state index in [2.05, 4.69) is 59.6 Å². The first-order valence-corrected chi connectivity index (χ1v) is 51.2. The molecule has 0 spiro atoms. The molecule has 10 heterocycles. The number of ether oxygens (including phenoxy) is 2. The average molecular weight is 2000 g/mol. The minimum absolute atomic E-state index is 0.0123. The van der Waals surface area contributed by atoms with Crippen LogP contribution in [0.2, 0.25) is 0 Å². The third-order valence-corrected chi connectivity index (χ3v) is 28.4. The SMILES string of the molecule is CC(C)(C)OC(=O)N1CCC(O)CC1.CC1(C)C(=O)Nc2ccc(N)cc21.CC1(C)C(=O)Nc2ccc([N+](=O)[O-])cc21.CC1(C)C(=O)Nc2ccc([N+](=O)[O-])cc21.CC1(C)C(=O)Nc2ccc([N+](=O)[O-])cc21.CC1(C)C(=O)Nc2ccc([N+](=O)[O-])cc21.CC1CCN(C(=O)OC(C)(C)C)CC1.CC1CCN(S(C)(=O)=O)CC1.CC1CCN(S(C)(=O)=O)CC1.CC1CCNCC1.O=C1CCCCC/C1=C\O. The number of non-ortho nitro benzene ring substituents is 4. The zero-order chi connectivity index (χ0) is 106. The maximum absolute atomic E-state index is 11.6. The van der Waals surface area contributed by atoms with Crippen LogP contribution in [0.25, 0.3) is 0 Å². The fraction of sp³-hybridized carbons (Fsp3) is 0.596. The number of rotatable bonds is 6. The second kappa shape index (κ2) is 49.6. The van der Waals surface area contributed by atoms with Gasteiger partial charge in [-0.15, -0.1) is 0 Å². The van der Waals surface area contributed by atoms with Crippen LogP contribution in [0.5, 0.6) is 0 Å². The van der Waals surface area contributed by atoms with Gasteiger partial charge in [-0.1, -0.05) is 34.1 Å². The van der Waals surface area contributed by atoms with E-state index in [1.54, 1.807) is 99.2 Å². The smallest absolute Gasteiger partial charge is 0.410 e. The molecule has 0 unspecified atom stereocenters. The third kappa shape index (κ3) is 34.1. The lowest BCUT2D eigenvalue weighted by atomic mass is 9.86. The number of Topliss-reactive ketones (excluding diaryl/α,β-unsaturated/α-hetero) is 1. The van der Waals surface area contributed by atoms with Crippen LogP contribution >= 0.6 is 0 Å². The van der Waals surface area contributed by atoms with Gasteiger partial charge in [0.25, 0.3) is 22.7 Å². The number of aliphatic hydroxyl groups excluding tert-OH is 2. The summed E-state index contributed by atoms with van der Waals surface area (Å²) < 4.78 is 57.7. The summed E-state index contributed by atoms with van der Waals surface area (Å²) in [6.45, 7) is 46.1. The number of carbonyl (C=O) groups excluding carboxylic acids is 8. The summed E-state index contributed by atoms with van der Waals surface area (Å²) >= 11 is 0. The van der Waals surface area contributed by atoms with E-state index in [0.717, 1.165) is 107 Å². The number of anilines is 6. The monoisotopic (exact) mass is 1990 g/mol. The molecule has 0 bridgehead atoms. The van der Waals surface area contributed by atoms with Crippen molar-refractivity contribution < 1.29 is 94.6 Å². The van der Waals surface area contributed by atoms with E-state index in [0.29, 0.717) is 127 Å². The van der Waals surface area contributed by atoms with Crippen molar-refractivity contribution in [2.24, 2.45) is 23.7 Å². The Morgan fingerprint density at radius 2 is 0.657 bits per heavy atom. The van der Waals surface area contributed by atoms with Gasteiger partial charge in [0.1, 0.15) is 11.2 Å². The molecule has 5 saturated heterocycles. The van der Waals surface area contributed by atoms with Gasteiger partial charge in [-0.3, -0.25) is 69.2 Å². The predicted octanol–water partition coefficient (Wildman–Crippen LogP) is 17.2. The Morgan fingerprint density at radius 3 is 0.907 bits per heavy atom. The first-order valence-electron chi connectivity index (χ1n) is 47.5. The summed E-state index contributed by atoms with van der Waals surface area (Å²) in [5.74, 6) is 2.75. The molecular weight excluding hydrogens is 1850 g/mol. The van der Waals surface area contributed by atoms with Crippen molar-refractivity contribution in [1.29, 1.82) is 0 Å². The van der Waals surface area contributed by atoms with Crippen molar-refractivity contribution in [2.45, 2.75) is 279 Å². The van der Waals surface area contributed by atoms with Crippen LogP contribution in [0.15, 0.2) is 103 Å². The number of ketones is 1. The highest BCUT2D eigenvalue weighted by Crippen LogP contribution is 2.44. The molecule has 16 rings (SSSR count). The first kappa shape index (κ1) is 117. The maximum atomic E-state index is 11.6. The van der Waals surface area contributed by atoms with Crippen molar-refractivity contribution >= 4 is 124 Å². The minimum atomic E-state index is -2.92. The molecule has 41 heteroatoms. The number of nitrogens with zero attached hydrogens (tertiary/aromatic N) is 8. The number of amides is 7. The second-order valence-electron chi connectivity index (χ2n) is 41.8. The topological polar surface area (TPSA) is 547 Å². The van der Waals surface area contributed by atoms with E-state index in [1.165, 1.54) is 87.0 Å². The fourth-order valence-electron chi connectivity index (χ4n) is 16.0. The molecule has 5 aromatic carbocycles. The van der Waals surface area contributed by atoms with Crippen LogP contribution in [0.3, 0.4) is 0 Å². The number of sulfonamides is 2. The number of nitrogens with one attached hydrogen (secondary N) is 6. The molecule has 0 aromatic heterocycles. The molecule has 5 aromatic rings. The molecule has 10 N–H and O–H groups in total. The number of carbonyl (C=O) groups is 8. The normalized spacial score (nSPS) is 19.7. The summed E-state index contributed by atoms with van der Waals surface area (Å²) in [4.78, 5) is 136. The number of benzene rings is 5. The van der Waals surface area contributed by atoms with E-state index in [1.807, 2.05) is 72.4 Å². The number of nitrogens with two attached hydrogens (primary N) is 1. The number of aliphatic hydroxyl groups is 2. The number of hydrogen-bond donors (Lipinski definition) is 9. The van der Waals surface area contributed by atoms with E-state index >= 15 is 0 Å². The fourth-order valence-corrected chi connectivity index (χ4v) is 17.7. The number of nitrogen functional groups attached to an aromatic ring is 1. The molecular formula is C99H147N15O24S2. The van der Waals surface area contributed by atoms with Gasteiger partial charge in [-0.2, -0.15) is 0 Å². The van der Waals surface area contributed by atoms with Crippen LogP contribution in [0.4, 0.5) is 66.5 Å². The van der Waals surface area contributed by atoms with Crippen molar-refractivity contribution in [2.75, 3.05) is 110 Å². The number of allylic oxidation sites excluding steroid dienone is 1. The van der Waals surface area contributed by atoms with Gasteiger partial charge in [-0.05, 0) is 301 Å². The molecule has 774 valence electrons. The van der Waals surface area contributed by atoms with Crippen LogP contribution < -0.4 is 37.6 Å². The van der Waals surface area contributed by atoms with Gasteiger partial charge < -0.3 is 67.1 Å².